The summed E-state index contributed by atoms with van der Waals surface area (Å²) in [7, 11) is 1.65. The van der Waals surface area contributed by atoms with E-state index in [0.717, 1.165) is 72.2 Å². The Hall–Kier alpha value is -4.35. The lowest BCUT2D eigenvalue weighted by Crippen LogP contribution is -1.84. The van der Waals surface area contributed by atoms with Crippen molar-refractivity contribution in [1.82, 2.24) is 0 Å². The number of hydrogen-bond donors (Lipinski definition) is 2. The number of fused-ring (bicyclic) bond motifs is 2. The minimum Gasteiger partial charge on any atom is -0.508 e. The molecule has 0 fully saturated rings. The number of aromatic hydroxyl groups is 2. The Labute approximate surface area is 231 Å². The Bertz CT molecular complexity index is 1790. The first kappa shape index (κ1) is 26.3. The zero-order chi connectivity index (χ0) is 27.8. The van der Waals surface area contributed by atoms with Crippen molar-refractivity contribution >= 4 is 33.5 Å². The van der Waals surface area contributed by atoms with Crippen LogP contribution in [-0.4, -0.2) is 17.3 Å². The van der Waals surface area contributed by atoms with Crippen molar-refractivity contribution in [3.8, 4) is 39.5 Å². The molecule has 6 rings (SSSR count). The van der Waals surface area contributed by atoms with Crippen LogP contribution < -0.4 is 4.74 Å². The van der Waals surface area contributed by atoms with Gasteiger partial charge in [0.05, 0.1) is 19.6 Å². The molecule has 2 heterocycles. The number of ether oxygens (including phenoxy) is 1. The molecule has 4 aromatic carbocycles. The summed E-state index contributed by atoms with van der Waals surface area (Å²) in [6.45, 7) is 7.68. The number of hydrogen-bond acceptors (Lipinski definition) is 5. The topological polar surface area (TPSA) is 76.0 Å². The lowest BCUT2D eigenvalue weighted by molar-refractivity contribution is 0.415. The Kier molecular flexibility index (Phi) is 7.02. The van der Waals surface area contributed by atoms with Gasteiger partial charge in [0.15, 0.2) is 0 Å². The van der Waals surface area contributed by atoms with Gasteiger partial charge in [0.25, 0.3) is 0 Å². The highest BCUT2D eigenvalue weighted by atomic mass is 35.5. The smallest absolute Gasteiger partial charge is 0.137 e. The largest absolute Gasteiger partial charge is 0.508 e. The highest BCUT2D eigenvalue weighted by molar-refractivity contribution is 6.30. The molecule has 39 heavy (non-hydrogen) atoms. The van der Waals surface area contributed by atoms with Crippen molar-refractivity contribution < 1.29 is 23.8 Å². The highest BCUT2D eigenvalue weighted by Gasteiger charge is 2.15. The SMILES string of the molecule is COc1ccc(-c2coc3c(C)c(C)c(O)cc23)cc1.Cc1c(O)cc2c(-c3ccc(Cl)cc3)coc2c1C. The summed E-state index contributed by atoms with van der Waals surface area (Å²) in [5, 5.41) is 22.5. The van der Waals surface area contributed by atoms with Gasteiger partial charge in [-0.25, -0.2) is 0 Å². The third kappa shape index (κ3) is 4.82. The van der Waals surface area contributed by atoms with Gasteiger partial charge < -0.3 is 23.8 Å². The van der Waals surface area contributed by atoms with Gasteiger partial charge in [-0.1, -0.05) is 35.9 Å². The quantitative estimate of drug-likeness (QED) is 0.234. The van der Waals surface area contributed by atoms with Crippen LogP contribution in [0.2, 0.25) is 5.02 Å². The highest BCUT2D eigenvalue weighted by Crippen LogP contribution is 2.38. The number of phenolic OH excluding ortho intramolecular Hbond substituents is 2. The predicted molar refractivity (Wildman–Crippen MR) is 157 cm³/mol. The Morgan fingerprint density at radius 2 is 1.03 bits per heavy atom. The van der Waals surface area contributed by atoms with Gasteiger partial charge in [-0.05, 0) is 97.5 Å². The van der Waals surface area contributed by atoms with Crippen LogP contribution >= 0.6 is 11.6 Å². The molecule has 2 N–H and O–H groups in total. The molecule has 0 saturated heterocycles. The standard InChI is InChI=1S/C17H16O3.C16H13ClO2/c1-10-11(2)17-14(8-16(10)18)15(9-20-17)12-4-6-13(19-3)7-5-12;1-9-10(2)16-13(7-15(9)18)14(8-19-16)11-3-5-12(17)6-4-11/h4-9,18H,1-3H3;3-8,18H,1-2H3. The first-order valence-electron chi connectivity index (χ1n) is 12.5. The fraction of sp³-hybridized carbons (Fsp3) is 0.152. The van der Waals surface area contributed by atoms with E-state index in [1.54, 1.807) is 31.8 Å². The van der Waals surface area contributed by atoms with Gasteiger partial charge in [-0.2, -0.15) is 0 Å². The molecule has 0 aliphatic heterocycles. The van der Waals surface area contributed by atoms with E-state index in [1.807, 2.05) is 76.2 Å². The second-order valence-corrected chi connectivity index (χ2v) is 10.0. The zero-order valence-electron chi connectivity index (χ0n) is 22.4. The summed E-state index contributed by atoms with van der Waals surface area (Å²) in [6.07, 6.45) is 3.46. The number of furan rings is 2. The van der Waals surface area contributed by atoms with Gasteiger partial charge in [0.1, 0.15) is 28.4 Å². The van der Waals surface area contributed by atoms with Gasteiger partial charge in [-0.3, -0.25) is 0 Å². The van der Waals surface area contributed by atoms with Crippen LogP contribution in [-0.2, 0) is 0 Å². The summed E-state index contributed by atoms with van der Waals surface area (Å²) in [6, 6.07) is 18.9. The van der Waals surface area contributed by atoms with Gasteiger partial charge in [0.2, 0.25) is 0 Å². The molecule has 6 heteroatoms. The number of rotatable bonds is 3. The minimum atomic E-state index is 0.293. The van der Waals surface area contributed by atoms with Gasteiger partial charge in [0, 0.05) is 26.9 Å². The lowest BCUT2D eigenvalue weighted by Gasteiger charge is -2.05. The molecule has 6 aromatic rings. The summed E-state index contributed by atoms with van der Waals surface area (Å²) in [5.74, 6) is 1.41. The molecule has 0 aliphatic carbocycles. The van der Waals surface area contributed by atoms with Crippen molar-refractivity contribution in [2.75, 3.05) is 7.11 Å². The summed E-state index contributed by atoms with van der Waals surface area (Å²) >= 11 is 5.90. The number of benzene rings is 4. The molecule has 0 radical (unpaired) electrons. The third-order valence-corrected chi connectivity index (χ3v) is 7.60. The second-order valence-electron chi connectivity index (χ2n) is 9.58. The fourth-order valence-electron chi connectivity index (χ4n) is 4.66. The van der Waals surface area contributed by atoms with E-state index in [-0.39, 0.29) is 0 Å². The molecule has 0 bridgehead atoms. The number of aryl methyl sites for hydroxylation is 2. The molecule has 198 valence electrons. The van der Waals surface area contributed by atoms with Crippen molar-refractivity contribution in [3.63, 3.8) is 0 Å². The Balaban J connectivity index is 0.000000158. The van der Waals surface area contributed by atoms with Crippen LogP contribution in [0, 0.1) is 27.7 Å². The molecule has 0 spiro atoms. The molecule has 0 aliphatic rings. The average Bonchev–Trinajstić information content (AvgIpc) is 3.56. The minimum absolute atomic E-state index is 0.293. The number of halogens is 1. The molecule has 0 saturated carbocycles. The first-order chi connectivity index (χ1) is 18.7. The van der Waals surface area contributed by atoms with E-state index >= 15 is 0 Å². The third-order valence-electron chi connectivity index (χ3n) is 7.35. The fourth-order valence-corrected chi connectivity index (χ4v) is 4.79. The summed E-state index contributed by atoms with van der Waals surface area (Å²) < 4.78 is 16.5. The van der Waals surface area contributed by atoms with Crippen LogP contribution in [0.3, 0.4) is 0 Å². The normalized spacial score (nSPS) is 11.0. The molecule has 0 unspecified atom stereocenters. The van der Waals surface area contributed by atoms with Crippen molar-refractivity contribution in [2.45, 2.75) is 27.7 Å². The molecule has 5 nitrogen and oxygen atoms in total. The lowest BCUT2D eigenvalue weighted by atomic mass is 10.0. The first-order valence-corrected chi connectivity index (χ1v) is 12.9. The maximum Gasteiger partial charge on any atom is 0.137 e. The molecule has 0 amide bonds. The zero-order valence-corrected chi connectivity index (χ0v) is 23.2. The van der Waals surface area contributed by atoms with E-state index in [4.69, 9.17) is 25.2 Å². The second kappa shape index (κ2) is 10.4. The monoisotopic (exact) mass is 540 g/mol. The average molecular weight is 541 g/mol. The molecule has 0 atom stereocenters. The van der Waals surface area contributed by atoms with Gasteiger partial charge >= 0.3 is 0 Å². The van der Waals surface area contributed by atoms with Crippen LogP contribution in [0.25, 0.3) is 44.2 Å². The number of phenols is 2. The molecular weight excluding hydrogens is 512 g/mol. The van der Waals surface area contributed by atoms with Crippen molar-refractivity contribution in [2.24, 2.45) is 0 Å². The van der Waals surface area contributed by atoms with E-state index in [2.05, 4.69) is 0 Å². The maximum absolute atomic E-state index is 10.0. The van der Waals surface area contributed by atoms with E-state index in [9.17, 15) is 10.2 Å². The Morgan fingerprint density at radius 3 is 1.44 bits per heavy atom. The van der Waals surface area contributed by atoms with Crippen molar-refractivity contribution in [3.05, 3.63) is 100 Å². The molecular formula is C33H29ClO5. The van der Waals surface area contributed by atoms with Crippen molar-refractivity contribution in [1.29, 1.82) is 0 Å². The Morgan fingerprint density at radius 1 is 0.615 bits per heavy atom. The summed E-state index contributed by atoms with van der Waals surface area (Å²) in [5.41, 5.74) is 9.28. The molecule has 2 aromatic heterocycles. The van der Waals surface area contributed by atoms with Crippen LogP contribution in [0.4, 0.5) is 0 Å². The maximum atomic E-state index is 10.0. The predicted octanol–water partition coefficient (Wildman–Crippen LogP) is 9.51. The summed E-state index contributed by atoms with van der Waals surface area (Å²) in [4.78, 5) is 0. The van der Waals surface area contributed by atoms with Crippen LogP contribution in [0.15, 0.2) is 82.0 Å². The van der Waals surface area contributed by atoms with E-state index in [1.165, 1.54) is 0 Å². The van der Waals surface area contributed by atoms with E-state index < -0.39 is 0 Å². The van der Waals surface area contributed by atoms with Crippen LogP contribution in [0.5, 0.6) is 17.2 Å². The van der Waals surface area contributed by atoms with Gasteiger partial charge in [-0.15, -0.1) is 0 Å². The van der Waals surface area contributed by atoms with Crippen LogP contribution in [0.1, 0.15) is 22.3 Å². The number of methoxy groups -OCH3 is 1. The van der Waals surface area contributed by atoms with E-state index in [0.29, 0.717) is 16.5 Å².